The van der Waals surface area contributed by atoms with Crippen molar-refractivity contribution in [2.45, 2.75) is 13.3 Å². The number of carbonyl (C=O) groups excluding carboxylic acids is 1. The maximum atomic E-state index is 12.6. The summed E-state index contributed by atoms with van der Waals surface area (Å²) in [5, 5.41) is 3.00. The summed E-state index contributed by atoms with van der Waals surface area (Å²) in [5.41, 5.74) is 5.41. The number of nitrogens with one attached hydrogen (secondary N) is 1. The predicted octanol–water partition coefficient (Wildman–Crippen LogP) is 3.70. The van der Waals surface area contributed by atoms with Crippen LogP contribution in [0, 0.1) is 6.92 Å². The van der Waals surface area contributed by atoms with Crippen LogP contribution < -0.4 is 5.32 Å². The molecule has 0 bridgehead atoms. The fraction of sp³-hybridized carbons (Fsp3) is 0.136. The number of imidazole rings is 1. The number of aryl methyl sites for hydroxylation is 1. The molecular formula is C22H20N4O. The van der Waals surface area contributed by atoms with Gasteiger partial charge in [0.2, 0.25) is 0 Å². The number of hydrogen-bond donors (Lipinski definition) is 1. The van der Waals surface area contributed by atoms with E-state index in [2.05, 4.69) is 27.4 Å². The minimum absolute atomic E-state index is 0.0791. The molecule has 0 saturated heterocycles. The van der Waals surface area contributed by atoms with Gasteiger partial charge in [-0.1, -0.05) is 36.4 Å². The van der Waals surface area contributed by atoms with Crippen LogP contribution in [0.2, 0.25) is 0 Å². The van der Waals surface area contributed by atoms with Crippen molar-refractivity contribution < 1.29 is 4.79 Å². The third-order valence-electron chi connectivity index (χ3n) is 4.58. The summed E-state index contributed by atoms with van der Waals surface area (Å²) >= 11 is 0. The van der Waals surface area contributed by atoms with Gasteiger partial charge in [0, 0.05) is 18.3 Å². The Kier molecular flexibility index (Phi) is 4.66. The van der Waals surface area contributed by atoms with Crippen molar-refractivity contribution in [2.75, 3.05) is 6.54 Å². The van der Waals surface area contributed by atoms with Crippen molar-refractivity contribution in [3.8, 4) is 5.69 Å². The maximum absolute atomic E-state index is 12.6. The van der Waals surface area contributed by atoms with Crippen molar-refractivity contribution in [1.29, 1.82) is 0 Å². The first-order valence-corrected chi connectivity index (χ1v) is 8.93. The van der Waals surface area contributed by atoms with Crippen LogP contribution in [0.5, 0.6) is 0 Å². The number of nitrogens with zero attached hydrogens (tertiary/aromatic N) is 3. The number of rotatable bonds is 5. The van der Waals surface area contributed by atoms with E-state index in [1.54, 1.807) is 12.5 Å². The second-order valence-electron chi connectivity index (χ2n) is 6.45. The number of pyridine rings is 1. The molecule has 5 nitrogen and oxygen atoms in total. The van der Waals surface area contributed by atoms with Crippen LogP contribution in [-0.4, -0.2) is 27.0 Å². The lowest BCUT2D eigenvalue weighted by molar-refractivity contribution is 0.0954. The molecule has 0 aliphatic rings. The molecule has 0 saturated carbocycles. The zero-order valence-electron chi connectivity index (χ0n) is 15.1. The van der Waals surface area contributed by atoms with Gasteiger partial charge in [-0.25, -0.2) is 9.97 Å². The van der Waals surface area contributed by atoms with Crippen LogP contribution in [-0.2, 0) is 6.42 Å². The average Bonchev–Trinajstić information content (AvgIpc) is 3.13. The highest BCUT2D eigenvalue weighted by Gasteiger charge is 2.12. The van der Waals surface area contributed by atoms with Crippen LogP contribution in [0.3, 0.4) is 0 Å². The van der Waals surface area contributed by atoms with Gasteiger partial charge in [0.05, 0.1) is 5.69 Å². The van der Waals surface area contributed by atoms with Gasteiger partial charge in [0.15, 0.2) is 5.65 Å². The summed E-state index contributed by atoms with van der Waals surface area (Å²) in [6.07, 6.45) is 4.30. The van der Waals surface area contributed by atoms with E-state index in [1.807, 2.05) is 60.0 Å². The van der Waals surface area contributed by atoms with E-state index in [0.29, 0.717) is 12.1 Å². The number of amides is 1. The number of aromatic nitrogens is 3. The first-order valence-electron chi connectivity index (χ1n) is 8.93. The van der Waals surface area contributed by atoms with E-state index in [9.17, 15) is 4.79 Å². The number of carbonyl (C=O) groups is 1. The summed E-state index contributed by atoms with van der Waals surface area (Å²) in [7, 11) is 0. The topological polar surface area (TPSA) is 59.8 Å². The van der Waals surface area contributed by atoms with Crippen molar-refractivity contribution in [3.05, 3.63) is 89.9 Å². The molecule has 2 aromatic heterocycles. The lowest BCUT2D eigenvalue weighted by Crippen LogP contribution is -2.25. The largest absolute Gasteiger partial charge is 0.352 e. The molecule has 0 aliphatic carbocycles. The molecule has 0 spiro atoms. The van der Waals surface area contributed by atoms with E-state index >= 15 is 0 Å². The Morgan fingerprint density at radius 1 is 1.04 bits per heavy atom. The van der Waals surface area contributed by atoms with Crippen LogP contribution in [0.15, 0.2) is 73.2 Å². The number of hydrogen-bond acceptors (Lipinski definition) is 3. The van der Waals surface area contributed by atoms with E-state index < -0.39 is 0 Å². The van der Waals surface area contributed by atoms with Crippen LogP contribution in [0.4, 0.5) is 0 Å². The second-order valence-corrected chi connectivity index (χ2v) is 6.45. The molecule has 0 aliphatic heterocycles. The highest BCUT2D eigenvalue weighted by molar-refractivity contribution is 5.95. The number of fused-ring (bicyclic) bond motifs is 1. The highest BCUT2D eigenvalue weighted by Crippen LogP contribution is 2.20. The van der Waals surface area contributed by atoms with Gasteiger partial charge in [0.25, 0.3) is 5.91 Å². The molecule has 4 rings (SSSR count). The standard InChI is InChI=1S/C22H20N4O/c1-16-9-10-18(22(27)24-13-11-17-6-3-2-4-7-17)14-20(16)26-15-25-19-8-5-12-23-21(19)26/h2-10,12,14-15H,11,13H2,1H3,(H,24,27). The van der Waals surface area contributed by atoms with E-state index in [4.69, 9.17) is 0 Å². The average molecular weight is 356 g/mol. The maximum Gasteiger partial charge on any atom is 0.251 e. The van der Waals surface area contributed by atoms with Gasteiger partial charge in [-0.15, -0.1) is 0 Å². The molecule has 0 fully saturated rings. The summed E-state index contributed by atoms with van der Waals surface area (Å²) in [6, 6.07) is 19.6. The molecule has 134 valence electrons. The zero-order chi connectivity index (χ0) is 18.6. The molecule has 27 heavy (non-hydrogen) atoms. The third kappa shape index (κ3) is 3.58. The van der Waals surface area contributed by atoms with Gasteiger partial charge < -0.3 is 5.32 Å². The Balaban J connectivity index is 1.54. The molecule has 0 atom stereocenters. The SMILES string of the molecule is Cc1ccc(C(=O)NCCc2ccccc2)cc1-n1cnc2cccnc21. The lowest BCUT2D eigenvalue weighted by atomic mass is 10.1. The number of benzene rings is 2. The Morgan fingerprint density at radius 2 is 1.89 bits per heavy atom. The van der Waals surface area contributed by atoms with Crippen LogP contribution >= 0.6 is 0 Å². The smallest absolute Gasteiger partial charge is 0.251 e. The quantitative estimate of drug-likeness (QED) is 0.593. The van der Waals surface area contributed by atoms with Crippen molar-refractivity contribution in [2.24, 2.45) is 0 Å². The lowest BCUT2D eigenvalue weighted by Gasteiger charge is -2.11. The van der Waals surface area contributed by atoms with Crippen molar-refractivity contribution in [1.82, 2.24) is 19.9 Å². The van der Waals surface area contributed by atoms with Gasteiger partial charge in [-0.3, -0.25) is 9.36 Å². The predicted molar refractivity (Wildman–Crippen MR) is 106 cm³/mol. The van der Waals surface area contributed by atoms with Gasteiger partial charge in [0.1, 0.15) is 11.8 Å². The molecule has 0 radical (unpaired) electrons. The first kappa shape index (κ1) is 17.0. The fourth-order valence-corrected chi connectivity index (χ4v) is 3.10. The fourth-order valence-electron chi connectivity index (χ4n) is 3.10. The van der Waals surface area contributed by atoms with E-state index in [0.717, 1.165) is 28.8 Å². The zero-order valence-corrected chi connectivity index (χ0v) is 15.1. The van der Waals surface area contributed by atoms with Crippen molar-refractivity contribution >= 4 is 17.1 Å². The summed E-state index contributed by atoms with van der Waals surface area (Å²) in [6.45, 7) is 2.61. The van der Waals surface area contributed by atoms with Crippen LogP contribution in [0.1, 0.15) is 21.5 Å². The molecule has 0 unspecified atom stereocenters. The Labute approximate surface area is 157 Å². The van der Waals surface area contributed by atoms with Gasteiger partial charge in [-0.05, 0) is 48.7 Å². The molecular weight excluding hydrogens is 336 g/mol. The van der Waals surface area contributed by atoms with Gasteiger partial charge in [-0.2, -0.15) is 0 Å². The molecule has 4 aromatic rings. The normalized spacial score (nSPS) is 10.9. The van der Waals surface area contributed by atoms with Crippen molar-refractivity contribution in [3.63, 3.8) is 0 Å². The summed E-state index contributed by atoms with van der Waals surface area (Å²) in [5.74, 6) is -0.0791. The molecule has 1 amide bonds. The van der Waals surface area contributed by atoms with E-state index in [1.165, 1.54) is 5.56 Å². The minimum Gasteiger partial charge on any atom is -0.352 e. The van der Waals surface area contributed by atoms with Gasteiger partial charge >= 0.3 is 0 Å². The third-order valence-corrected chi connectivity index (χ3v) is 4.58. The Bertz CT molecular complexity index is 1090. The Morgan fingerprint density at radius 3 is 2.74 bits per heavy atom. The monoisotopic (exact) mass is 356 g/mol. The summed E-state index contributed by atoms with van der Waals surface area (Å²) in [4.78, 5) is 21.4. The summed E-state index contributed by atoms with van der Waals surface area (Å²) < 4.78 is 1.92. The minimum atomic E-state index is -0.0791. The second kappa shape index (κ2) is 7.41. The molecule has 1 N–H and O–H groups in total. The highest BCUT2D eigenvalue weighted by atomic mass is 16.1. The van der Waals surface area contributed by atoms with Crippen LogP contribution in [0.25, 0.3) is 16.9 Å². The first-order chi connectivity index (χ1) is 13.2. The molecule has 2 aromatic carbocycles. The van der Waals surface area contributed by atoms with E-state index in [-0.39, 0.29) is 5.91 Å². The molecule has 2 heterocycles. The molecule has 5 heteroatoms. The Hall–Kier alpha value is -3.47.